The molecule has 0 unspecified atom stereocenters. The molecule has 3 aromatic rings. The van der Waals surface area contributed by atoms with Gasteiger partial charge in [0.25, 0.3) is 5.56 Å². The first-order chi connectivity index (χ1) is 13.1. The predicted molar refractivity (Wildman–Crippen MR) is 102 cm³/mol. The third kappa shape index (κ3) is 3.51. The number of hydrogen-bond acceptors (Lipinski definition) is 4. The van der Waals surface area contributed by atoms with Gasteiger partial charge in [-0.2, -0.15) is 0 Å². The summed E-state index contributed by atoms with van der Waals surface area (Å²) in [5.41, 5.74) is 2.11. The Balaban J connectivity index is 1.62. The molecule has 1 N–H and O–H groups in total. The van der Waals surface area contributed by atoms with Gasteiger partial charge in [-0.1, -0.05) is 31.2 Å². The summed E-state index contributed by atoms with van der Waals surface area (Å²) < 4.78 is 10.7. The molecule has 0 atom stereocenters. The van der Waals surface area contributed by atoms with E-state index in [0.717, 1.165) is 16.5 Å². The predicted octanol–water partition coefficient (Wildman–Crippen LogP) is 3.20. The molecule has 0 spiro atoms. The number of benzene rings is 2. The third-order valence-corrected chi connectivity index (χ3v) is 4.66. The number of carbonyl (C=O) groups is 1. The highest BCUT2D eigenvalue weighted by Crippen LogP contribution is 2.33. The van der Waals surface area contributed by atoms with Crippen LogP contribution >= 0.6 is 0 Å². The lowest BCUT2D eigenvalue weighted by Crippen LogP contribution is -2.31. The van der Waals surface area contributed by atoms with Crippen molar-refractivity contribution in [3.63, 3.8) is 0 Å². The van der Waals surface area contributed by atoms with Crippen LogP contribution in [0.25, 0.3) is 10.9 Å². The molecule has 138 valence electrons. The summed E-state index contributed by atoms with van der Waals surface area (Å²) >= 11 is 0. The molecule has 6 nitrogen and oxygen atoms in total. The van der Waals surface area contributed by atoms with E-state index in [1.807, 2.05) is 55.5 Å². The Labute approximate surface area is 156 Å². The number of pyridine rings is 1. The summed E-state index contributed by atoms with van der Waals surface area (Å²) in [6.45, 7) is 2.68. The van der Waals surface area contributed by atoms with Gasteiger partial charge < -0.3 is 19.4 Å². The standard InChI is InChI=1S/C21H20N2O4/c1-2-20(24)23(11-14-7-8-18-19(9-14)27-13-26-18)12-16-10-15-5-3-4-6-17(15)22-21(16)25/h3-10H,2,11-13H2,1H3,(H,22,25). The summed E-state index contributed by atoms with van der Waals surface area (Å²) in [6.07, 6.45) is 0.371. The molecule has 1 aliphatic heterocycles. The minimum atomic E-state index is -0.173. The van der Waals surface area contributed by atoms with E-state index >= 15 is 0 Å². The number of para-hydroxylation sites is 1. The molecular formula is C21H20N2O4. The van der Waals surface area contributed by atoms with E-state index in [1.54, 1.807) is 4.90 Å². The monoisotopic (exact) mass is 364 g/mol. The summed E-state index contributed by atoms with van der Waals surface area (Å²) in [5.74, 6) is 1.37. The fraction of sp³-hybridized carbons (Fsp3) is 0.238. The Hall–Kier alpha value is -3.28. The number of aromatic amines is 1. The molecule has 1 aliphatic rings. The van der Waals surface area contributed by atoms with Crippen LogP contribution in [0, 0.1) is 0 Å². The number of fused-ring (bicyclic) bond motifs is 2. The number of carbonyl (C=O) groups excluding carboxylic acids is 1. The van der Waals surface area contributed by atoms with Crippen LogP contribution in [0.15, 0.2) is 53.3 Å². The van der Waals surface area contributed by atoms with Gasteiger partial charge in [-0.15, -0.1) is 0 Å². The Morgan fingerprint density at radius 3 is 2.74 bits per heavy atom. The van der Waals surface area contributed by atoms with E-state index in [4.69, 9.17) is 9.47 Å². The first-order valence-corrected chi connectivity index (χ1v) is 8.91. The van der Waals surface area contributed by atoms with Crippen molar-refractivity contribution >= 4 is 16.8 Å². The van der Waals surface area contributed by atoms with Gasteiger partial charge in [-0.25, -0.2) is 0 Å². The number of hydrogen-bond donors (Lipinski definition) is 1. The molecule has 2 heterocycles. The molecule has 0 saturated heterocycles. The third-order valence-electron chi connectivity index (χ3n) is 4.66. The van der Waals surface area contributed by atoms with Crippen molar-refractivity contribution in [1.82, 2.24) is 9.88 Å². The van der Waals surface area contributed by atoms with Crippen LogP contribution in [0.4, 0.5) is 0 Å². The van der Waals surface area contributed by atoms with Crippen LogP contribution in [-0.2, 0) is 17.9 Å². The molecule has 4 rings (SSSR count). The van der Waals surface area contributed by atoms with Crippen LogP contribution in [0.1, 0.15) is 24.5 Å². The topological polar surface area (TPSA) is 71.6 Å². The lowest BCUT2D eigenvalue weighted by molar-refractivity contribution is -0.132. The lowest BCUT2D eigenvalue weighted by Gasteiger charge is -2.22. The Morgan fingerprint density at radius 2 is 1.89 bits per heavy atom. The normalized spacial score (nSPS) is 12.3. The average Bonchev–Trinajstić information content (AvgIpc) is 3.15. The zero-order valence-electron chi connectivity index (χ0n) is 15.0. The Kier molecular flexibility index (Phi) is 4.54. The number of amides is 1. The fourth-order valence-electron chi connectivity index (χ4n) is 3.23. The molecule has 0 fully saturated rings. The maximum Gasteiger partial charge on any atom is 0.253 e. The van der Waals surface area contributed by atoms with E-state index in [9.17, 15) is 9.59 Å². The van der Waals surface area contributed by atoms with E-state index in [2.05, 4.69) is 4.98 Å². The van der Waals surface area contributed by atoms with E-state index in [-0.39, 0.29) is 24.8 Å². The minimum absolute atomic E-state index is 0.0137. The second kappa shape index (κ2) is 7.15. The number of rotatable bonds is 5. The molecule has 1 aromatic heterocycles. The van der Waals surface area contributed by atoms with E-state index in [1.165, 1.54) is 0 Å². The lowest BCUT2D eigenvalue weighted by atomic mass is 10.1. The highest BCUT2D eigenvalue weighted by atomic mass is 16.7. The first-order valence-electron chi connectivity index (χ1n) is 8.91. The first kappa shape index (κ1) is 17.1. The molecular weight excluding hydrogens is 344 g/mol. The van der Waals surface area contributed by atoms with Gasteiger partial charge in [-0.3, -0.25) is 9.59 Å². The van der Waals surface area contributed by atoms with Crippen molar-refractivity contribution in [2.45, 2.75) is 26.4 Å². The maximum absolute atomic E-state index is 12.5. The zero-order valence-corrected chi connectivity index (χ0v) is 15.0. The molecule has 0 radical (unpaired) electrons. The van der Waals surface area contributed by atoms with E-state index < -0.39 is 0 Å². The number of H-pyrrole nitrogens is 1. The number of nitrogens with zero attached hydrogens (tertiary/aromatic N) is 1. The van der Waals surface area contributed by atoms with Gasteiger partial charge in [0.15, 0.2) is 11.5 Å². The van der Waals surface area contributed by atoms with Crippen LogP contribution in [0.5, 0.6) is 11.5 Å². The molecule has 0 saturated carbocycles. The fourth-order valence-corrected chi connectivity index (χ4v) is 3.23. The second-order valence-corrected chi connectivity index (χ2v) is 6.50. The number of aromatic nitrogens is 1. The van der Waals surface area contributed by atoms with Crippen molar-refractivity contribution in [3.8, 4) is 11.5 Å². The molecule has 6 heteroatoms. The molecule has 0 aliphatic carbocycles. The zero-order chi connectivity index (χ0) is 18.8. The van der Waals surface area contributed by atoms with Gasteiger partial charge in [0.1, 0.15) is 0 Å². The summed E-state index contributed by atoms with van der Waals surface area (Å²) in [4.78, 5) is 29.5. The van der Waals surface area contributed by atoms with Crippen LogP contribution in [0.2, 0.25) is 0 Å². The quantitative estimate of drug-likeness (QED) is 0.755. The molecule has 27 heavy (non-hydrogen) atoms. The Bertz CT molecular complexity index is 1060. The second-order valence-electron chi connectivity index (χ2n) is 6.50. The average molecular weight is 364 g/mol. The van der Waals surface area contributed by atoms with Crippen LogP contribution in [-0.4, -0.2) is 22.6 Å². The molecule has 2 aromatic carbocycles. The SMILES string of the molecule is CCC(=O)N(Cc1ccc2c(c1)OCO2)Cc1cc2ccccc2[nH]c1=O. The Morgan fingerprint density at radius 1 is 1.07 bits per heavy atom. The van der Waals surface area contributed by atoms with Crippen molar-refractivity contribution in [3.05, 3.63) is 70.0 Å². The minimum Gasteiger partial charge on any atom is -0.454 e. The van der Waals surface area contributed by atoms with Gasteiger partial charge >= 0.3 is 0 Å². The van der Waals surface area contributed by atoms with Crippen molar-refractivity contribution in [2.75, 3.05) is 6.79 Å². The van der Waals surface area contributed by atoms with Crippen molar-refractivity contribution in [2.24, 2.45) is 0 Å². The van der Waals surface area contributed by atoms with Gasteiger partial charge in [0.05, 0.1) is 6.54 Å². The number of ether oxygens (including phenoxy) is 2. The van der Waals surface area contributed by atoms with Crippen molar-refractivity contribution in [1.29, 1.82) is 0 Å². The van der Waals surface area contributed by atoms with Crippen molar-refractivity contribution < 1.29 is 14.3 Å². The van der Waals surface area contributed by atoms with Gasteiger partial charge in [-0.05, 0) is 35.2 Å². The highest BCUT2D eigenvalue weighted by molar-refractivity contribution is 5.79. The van der Waals surface area contributed by atoms with Gasteiger partial charge in [0.2, 0.25) is 12.7 Å². The summed E-state index contributed by atoms with van der Waals surface area (Å²) in [5, 5.41) is 0.944. The summed E-state index contributed by atoms with van der Waals surface area (Å²) in [6, 6.07) is 15.1. The summed E-state index contributed by atoms with van der Waals surface area (Å²) in [7, 11) is 0. The maximum atomic E-state index is 12.5. The van der Waals surface area contributed by atoms with Crippen LogP contribution < -0.4 is 15.0 Å². The van der Waals surface area contributed by atoms with Gasteiger partial charge in [0, 0.05) is 24.0 Å². The smallest absolute Gasteiger partial charge is 0.253 e. The molecule has 0 bridgehead atoms. The highest BCUT2D eigenvalue weighted by Gasteiger charge is 2.18. The largest absolute Gasteiger partial charge is 0.454 e. The van der Waals surface area contributed by atoms with E-state index in [0.29, 0.717) is 30.0 Å². The molecule has 1 amide bonds. The number of nitrogens with one attached hydrogen (secondary N) is 1. The van der Waals surface area contributed by atoms with Crippen LogP contribution in [0.3, 0.4) is 0 Å².